The third-order valence-corrected chi connectivity index (χ3v) is 9.64. The van der Waals surface area contributed by atoms with E-state index in [0.717, 1.165) is 33.3 Å². The standard InChI is InChI=1S/C40H25NOS/c1-2-10-27-23-29(20-19-26(27)9-1)28-11-7-12-30(24-28)41(31-21-22-38-35(25-31)32-13-3-5-17-37(32)42-38)36-16-8-15-34-33-14-4-6-18-39(33)43-40(34)36/h1-25H. The number of furan rings is 1. The average Bonchev–Trinajstić information content (AvgIpc) is 3.64. The highest BCUT2D eigenvalue weighted by molar-refractivity contribution is 7.26. The summed E-state index contributed by atoms with van der Waals surface area (Å²) in [5, 5.41) is 7.32. The Balaban J connectivity index is 1.29. The van der Waals surface area contributed by atoms with Gasteiger partial charge in [-0.1, -0.05) is 97.1 Å². The van der Waals surface area contributed by atoms with E-state index >= 15 is 0 Å². The Hall–Kier alpha value is -5.38. The average molecular weight is 568 g/mol. The lowest BCUT2D eigenvalue weighted by atomic mass is 10.0. The quantitative estimate of drug-likeness (QED) is 0.210. The molecule has 0 saturated carbocycles. The van der Waals surface area contributed by atoms with Gasteiger partial charge in [0.2, 0.25) is 0 Å². The van der Waals surface area contributed by atoms with Crippen LogP contribution in [0.4, 0.5) is 17.1 Å². The van der Waals surface area contributed by atoms with Crippen LogP contribution in [-0.2, 0) is 0 Å². The molecule has 0 atom stereocenters. The van der Waals surface area contributed by atoms with Crippen LogP contribution in [0.25, 0.3) is 64.0 Å². The molecule has 0 aliphatic carbocycles. The van der Waals surface area contributed by atoms with Crippen LogP contribution in [0.15, 0.2) is 156 Å². The fourth-order valence-corrected chi connectivity index (χ4v) is 7.59. The summed E-state index contributed by atoms with van der Waals surface area (Å²) in [7, 11) is 0. The number of para-hydroxylation sites is 1. The monoisotopic (exact) mass is 567 g/mol. The molecule has 0 aliphatic heterocycles. The molecule has 202 valence electrons. The molecule has 0 radical (unpaired) electrons. The first-order chi connectivity index (χ1) is 21.3. The minimum atomic E-state index is 0.898. The minimum Gasteiger partial charge on any atom is -0.456 e. The van der Waals surface area contributed by atoms with Crippen LogP contribution < -0.4 is 4.90 Å². The van der Waals surface area contributed by atoms with Gasteiger partial charge in [0.05, 0.1) is 10.4 Å². The van der Waals surface area contributed by atoms with Crippen LogP contribution in [0.3, 0.4) is 0 Å². The highest BCUT2D eigenvalue weighted by Gasteiger charge is 2.20. The first-order valence-electron chi connectivity index (χ1n) is 14.5. The molecular formula is C40H25NOS. The third-order valence-electron chi connectivity index (χ3n) is 8.43. The van der Waals surface area contributed by atoms with Gasteiger partial charge in [0.15, 0.2) is 0 Å². The number of anilines is 3. The Labute approximate surface area is 252 Å². The second kappa shape index (κ2) is 9.59. The van der Waals surface area contributed by atoms with Crippen LogP contribution in [0.5, 0.6) is 0 Å². The predicted molar refractivity (Wildman–Crippen MR) is 184 cm³/mol. The van der Waals surface area contributed by atoms with E-state index in [1.165, 1.54) is 47.8 Å². The molecule has 0 saturated heterocycles. The van der Waals surface area contributed by atoms with Crippen molar-refractivity contribution >= 4 is 81.3 Å². The molecule has 0 fully saturated rings. The zero-order valence-electron chi connectivity index (χ0n) is 23.2. The highest BCUT2D eigenvalue weighted by Crippen LogP contribution is 2.46. The summed E-state index contributed by atoms with van der Waals surface area (Å²) < 4.78 is 8.78. The van der Waals surface area contributed by atoms with Crippen molar-refractivity contribution in [2.45, 2.75) is 0 Å². The number of hydrogen-bond acceptors (Lipinski definition) is 3. The lowest BCUT2D eigenvalue weighted by Gasteiger charge is -2.26. The molecule has 0 amide bonds. The number of nitrogens with zero attached hydrogens (tertiary/aromatic N) is 1. The van der Waals surface area contributed by atoms with Crippen LogP contribution in [0, 0.1) is 0 Å². The Morgan fingerprint density at radius 1 is 0.442 bits per heavy atom. The van der Waals surface area contributed by atoms with Gasteiger partial charge < -0.3 is 9.32 Å². The van der Waals surface area contributed by atoms with E-state index < -0.39 is 0 Å². The summed E-state index contributed by atoms with van der Waals surface area (Å²) in [6.07, 6.45) is 0. The van der Waals surface area contributed by atoms with Crippen LogP contribution >= 0.6 is 11.3 Å². The second-order valence-corrected chi connectivity index (χ2v) is 12.0. The smallest absolute Gasteiger partial charge is 0.135 e. The summed E-state index contributed by atoms with van der Waals surface area (Å²) in [5.74, 6) is 0. The van der Waals surface area contributed by atoms with Gasteiger partial charge in [-0.15, -0.1) is 11.3 Å². The molecule has 0 aliphatic rings. The van der Waals surface area contributed by atoms with Gasteiger partial charge in [0, 0.05) is 37.6 Å². The molecule has 7 aromatic carbocycles. The maximum atomic E-state index is 6.20. The topological polar surface area (TPSA) is 16.4 Å². The Morgan fingerprint density at radius 2 is 1.16 bits per heavy atom. The number of benzene rings is 7. The Kier molecular flexibility index (Phi) is 5.40. The molecule has 0 spiro atoms. The van der Waals surface area contributed by atoms with Crippen LogP contribution in [-0.4, -0.2) is 0 Å². The van der Waals surface area contributed by atoms with Crippen molar-refractivity contribution in [2.24, 2.45) is 0 Å². The molecule has 9 aromatic rings. The second-order valence-electron chi connectivity index (χ2n) is 11.0. The van der Waals surface area contributed by atoms with E-state index in [9.17, 15) is 0 Å². The van der Waals surface area contributed by atoms with Crippen LogP contribution in [0.1, 0.15) is 0 Å². The van der Waals surface area contributed by atoms with E-state index in [2.05, 4.69) is 144 Å². The number of hydrogen-bond donors (Lipinski definition) is 0. The van der Waals surface area contributed by atoms with Crippen molar-refractivity contribution in [3.05, 3.63) is 152 Å². The fourth-order valence-electron chi connectivity index (χ4n) is 6.38. The lowest BCUT2D eigenvalue weighted by molar-refractivity contribution is 0.669. The Bertz CT molecular complexity index is 2480. The van der Waals surface area contributed by atoms with E-state index in [1.54, 1.807) is 0 Å². The molecule has 3 heteroatoms. The van der Waals surface area contributed by atoms with E-state index in [-0.39, 0.29) is 0 Å². The summed E-state index contributed by atoms with van der Waals surface area (Å²) >= 11 is 1.86. The van der Waals surface area contributed by atoms with E-state index in [4.69, 9.17) is 4.42 Å². The van der Waals surface area contributed by atoms with Gasteiger partial charge in [-0.3, -0.25) is 0 Å². The summed E-state index contributed by atoms with van der Waals surface area (Å²) in [5.41, 5.74) is 7.58. The highest BCUT2D eigenvalue weighted by atomic mass is 32.1. The minimum absolute atomic E-state index is 0.898. The van der Waals surface area contributed by atoms with E-state index in [1.807, 2.05) is 23.5 Å². The van der Waals surface area contributed by atoms with Gasteiger partial charge in [0.1, 0.15) is 11.2 Å². The molecule has 43 heavy (non-hydrogen) atoms. The largest absolute Gasteiger partial charge is 0.456 e. The van der Waals surface area contributed by atoms with Gasteiger partial charge in [-0.05, 0) is 76.5 Å². The van der Waals surface area contributed by atoms with Gasteiger partial charge in [0.25, 0.3) is 0 Å². The first-order valence-corrected chi connectivity index (χ1v) is 15.3. The maximum Gasteiger partial charge on any atom is 0.135 e. The predicted octanol–water partition coefficient (Wildman–Crippen LogP) is 12.2. The maximum absolute atomic E-state index is 6.20. The van der Waals surface area contributed by atoms with E-state index in [0.29, 0.717) is 0 Å². The molecule has 0 unspecified atom stereocenters. The molecule has 0 bridgehead atoms. The molecule has 2 nitrogen and oxygen atoms in total. The summed E-state index contributed by atoms with van der Waals surface area (Å²) in [6, 6.07) is 54.4. The van der Waals surface area contributed by atoms with Crippen molar-refractivity contribution in [3.8, 4) is 11.1 Å². The van der Waals surface area contributed by atoms with Gasteiger partial charge >= 0.3 is 0 Å². The molecular weight excluding hydrogens is 543 g/mol. The number of rotatable bonds is 4. The SMILES string of the molecule is c1cc(-c2ccc3ccccc3c2)cc(N(c2ccc3oc4ccccc4c3c2)c2cccc3c2sc2ccccc23)c1. The zero-order chi connectivity index (χ0) is 28.3. The molecule has 2 heterocycles. The zero-order valence-corrected chi connectivity index (χ0v) is 24.0. The molecule has 0 N–H and O–H groups in total. The molecule has 2 aromatic heterocycles. The Morgan fingerprint density at radius 3 is 2.12 bits per heavy atom. The van der Waals surface area contributed by atoms with Gasteiger partial charge in [-0.25, -0.2) is 0 Å². The van der Waals surface area contributed by atoms with Crippen molar-refractivity contribution in [3.63, 3.8) is 0 Å². The van der Waals surface area contributed by atoms with Crippen LogP contribution in [0.2, 0.25) is 0 Å². The number of thiophene rings is 1. The van der Waals surface area contributed by atoms with Crippen molar-refractivity contribution < 1.29 is 4.42 Å². The van der Waals surface area contributed by atoms with Crippen molar-refractivity contribution in [1.29, 1.82) is 0 Å². The number of fused-ring (bicyclic) bond motifs is 7. The normalized spacial score (nSPS) is 11.7. The summed E-state index contributed by atoms with van der Waals surface area (Å²) in [4.78, 5) is 2.41. The first kappa shape index (κ1) is 24.2. The van der Waals surface area contributed by atoms with Crippen molar-refractivity contribution in [1.82, 2.24) is 0 Å². The summed E-state index contributed by atoms with van der Waals surface area (Å²) in [6.45, 7) is 0. The van der Waals surface area contributed by atoms with Gasteiger partial charge in [-0.2, -0.15) is 0 Å². The molecule has 9 rings (SSSR count). The fraction of sp³-hybridized carbons (Fsp3) is 0. The lowest BCUT2D eigenvalue weighted by Crippen LogP contribution is -2.10. The third kappa shape index (κ3) is 3.93. The van der Waals surface area contributed by atoms with Crippen molar-refractivity contribution in [2.75, 3.05) is 4.90 Å².